The highest BCUT2D eigenvalue weighted by Gasteiger charge is 2.29. The van der Waals surface area contributed by atoms with E-state index in [1.165, 1.54) is 4.90 Å². The SMILES string of the molecule is COc1ccc(C)c(N2CC(=O)CC2=O)c1. The van der Waals surface area contributed by atoms with Crippen molar-refractivity contribution in [3.05, 3.63) is 23.8 Å². The number of methoxy groups -OCH3 is 1. The Kier molecular flexibility index (Phi) is 2.64. The summed E-state index contributed by atoms with van der Waals surface area (Å²) >= 11 is 0. The maximum atomic E-state index is 11.6. The van der Waals surface area contributed by atoms with Crippen LogP contribution in [0.4, 0.5) is 5.69 Å². The second kappa shape index (κ2) is 3.96. The first-order valence-electron chi connectivity index (χ1n) is 5.08. The molecule has 1 fully saturated rings. The predicted molar refractivity (Wildman–Crippen MR) is 59.7 cm³/mol. The number of anilines is 1. The van der Waals surface area contributed by atoms with E-state index in [0.717, 1.165) is 11.3 Å². The van der Waals surface area contributed by atoms with Gasteiger partial charge >= 0.3 is 0 Å². The summed E-state index contributed by atoms with van der Waals surface area (Å²) in [5, 5.41) is 0. The highest BCUT2D eigenvalue weighted by molar-refractivity contribution is 6.15. The second-order valence-corrected chi connectivity index (χ2v) is 3.85. The zero-order chi connectivity index (χ0) is 11.7. The number of Topliss-reactive ketones (excluding diaryl/α,β-unsaturated/α-hetero) is 1. The van der Waals surface area contributed by atoms with Gasteiger partial charge in [0.25, 0.3) is 0 Å². The molecule has 0 saturated carbocycles. The van der Waals surface area contributed by atoms with Crippen LogP contribution in [-0.4, -0.2) is 25.3 Å². The fourth-order valence-corrected chi connectivity index (χ4v) is 1.81. The summed E-state index contributed by atoms with van der Waals surface area (Å²) in [7, 11) is 1.57. The summed E-state index contributed by atoms with van der Waals surface area (Å²) in [5.74, 6) is 0.515. The Morgan fingerprint density at radius 1 is 1.31 bits per heavy atom. The van der Waals surface area contributed by atoms with Gasteiger partial charge in [0.15, 0.2) is 5.78 Å². The average molecular weight is 219 g/mol. The Morgan fingerprint density at radius 2 is 2.06 bits per heavy atom. The molecular formula is C12H13NO3. The molecule has 0 radical (unpaired) electrons. The van der Waals surface area contributed by atoms with Crippen molar-refractivity contribution >= 4 is 17.4 Å². The van der Waals surface area contributed by atoms with Crippen LogP contribution >= 0.6 is 0 Å². The molecule has 4 nitrogen and oxygen atoms in total. The van der Waals surface area contributed by atoms with E-state index in [4.69, 9.17) is 4.74 Å². The molecule has 0 aromatic heterocycles. The Balaban J connectivity index is 2.39. The molecule has 4 heteroatoms. The summed E-state index contributed by atoms with van der Waals surface area (Å²) in [6.45, 7) is 2.08. The van der Waals surface area contributed by atoms with Crippen molar-refractivity contribution in [2.45, 2.75) is 13.3 Å². The van der Waals surface area contributed by atoms with Crippen molar-refractivity contribution in [3.8, 4) is 5.75 Å². The van der Waals surface area contributed by atoms with Gasteiger partial charge < -0.3 is 9.64 Å². The summed E-state index contributed by atoms with van der Waals surface area (Å²) in [6.07, 6.45) is 0.0106. The predicted octanol–water partition coefficient (Wildman–Crippen LogP) is 1.31. The fourth-order valence-electron chi connectivity index (χ4n) is 1.81. The lowest BCUT2D eigenvalue weighted by molar-refractivity contribution is -0.121. The Morgan fingerprint density at radius 3 is 2.62 bits per heavy atom. The standard InChI is InChI=1S/C12H13NO3/c1-8-3-4-10(16-2)6-11(8)13-7-9(14)5-12(13)15/h3-4,6H,5,7H2,1-2H3. The molecule has 1 aromatic rings. The number of carbonyl (C=O) groups is 2. The second-order valence-electron chi connectivity index (χ2n) is 3.85. The summed E-state index contributed by atoms with van der Waals surface area (Å²) < 4.78 is 5.11. The smallest absolute Gasteiger partial charge is 0.234 e. The topological polar surface area (TPSA) is 46.6 Å². The van der Waals surface area contributed by atoms with E-state index in [1.54, 1.807) is 13.2 Å². The molecule has 0 N–H and O–H groups in total. The fraction of sp³-hybridized carbons (Fsp3) is 0.333. The first kappa shape index (κ1) is 10.7. The third-order valence-electron chi connectivity index (χ3n) is 2.69. The first-order valence-corrected chi connectivity index (χ1v) is 5.08. The van der Waals surface area contributed by atoms with Crippen LogP contribution in [0.25, 0.3) is 0 Å². The number of rotatable bonds is 2. The summed E-state index contributed by atoms with van der Waals surface area (Å²) in [4.78, 5) is 24.3. The van der Waals surface area contributed by atoms with Crippen LogP contribution in [0.15, 0.2) is 18.2 Å². The van der Waals surface area contributed by atoms with Crippen LogP contribution in [0.3, 0.4) is 0 Å². The molecule has 0 aliphatic carbocycles. The van der Waals surface area contributed by atoms with Crippen LogP contribution in [0, 0.1) is 6.92 Å². The van der Waals surface area contributed by atoms with Crippen LogP contribution in [-0.2, 0) is 9.59 Å². The highest BCUT2D eigenvalue weighted by Crippen LogP contribution is 2.28. The van der Waals surface area contributed by atoms with Gasteiger partial charge in [-0.3, -0.25) is 9.59 Å². The molecule has 1 aromatic carbocycles. The van der Waals surface area contributed by atoms with E-state index in [-0.39, 0.29) is 24.7 Å². The lowest BCUT2D eigenvalue weighted by atomic mass is 10.1. The number of hydrogen-bond donors (Lipinski definition) is 0. The minimum Gasteiger partial charge on any atom is -0.497 e. The van der Waals surface area contributed by atoms with Crippen molar-refractivity contribution in [1.29, 1.82) is 0 Å². The van der Waals surface area contributed by atoms with E-state index in [9.17, 15) is 9.59 Å². The number of amides is 1. The maximum absolute atomic E-state index is 11.6. The molecular weight excluding hydrogens is 206 g/mol. The minimum absolute atomic E-state index is 0.0106. The number of aryl methyl sites for hydroxylation is 1. The van der Waals surface area contributed by atoms with E-state index in [0.29, 0.717) is 5.75 Å². The molecule has 0 atom stereocenters. The van der Waals surface area contributed by atoms with Crippen LogP contribution in [0.5, 0.6) is 5.75 Å². The molecule has 1 aliphatic heterocycles. The third-order valence-corrected chi connectivity index (χ3v) is 2.69. The molecule has 1 amide bonds. The average Bonchev–Trinajstić information content (AvgIpc) is 2.58. The van der Waals surface area contributed by atoms with Crippen molar-refractivity contribution in [2.24, 2.45) is 0 Å². The zero-order valence-corrected chi connectivity index (χ0v) is 9.32. The van der Waals surface area contributed by atoms with E-state index >= 15 is 0 Å². The number of benzene rings is 1. The van der Waals surface area contributed by atoms with Gasteiger partial charge in [0.2, 0.25) is 5.91 Å². The molecule has 2 rings (SSSR count). The molecule has 0 bridgehead atoms. The lowest BCUT2D eigenvalue weighted by Gasteiger charge is -2.18. The molecule has 1 saturated heterocycles. The van der Waals surface area contributed by atoms with Crippen molar-refractivity contribution in [3.63, 3.8) is 0 Å². The quantitative estimate of drug-likeness (QED) is 0.704. The summed E-state index contributed by atoms with van der Waals surface area (Å²) in [5.41, 5.74) is 1.72. The first-order chi connectivity index (χ1) is 7.61. The van der Waals surface area contributed by atoms with Gasteiger partial charge in [-0.1, -0.05) is 6.07 Å². The van der Waals surface area contributed by atoms with Crippen molar-refractivity contribution in [2.75, 3.05) is 18.6 Å². The van der Waals surface area contributed by atoms with Gasteiger partial charge in [-0.25, -0.2) is 0 Å². The maximum Gasteiger partial charge on any atom is 0.234 e. The molecule has 0 spiro atoms. The zero-order valence-electron chi connectivity index (χ0n) is 9.32. The normalized spacial score (nSPS) is 15.8. The monoisotopic (exact) mass is 219 g/mol. The van der Waals surface area contributed by atoms with E-state index in [1.807, 2.05) is 19.1 Å². The van der Waals surface area contributed by atoms with E-state index < -0.39 is 0 Å². The number of hydrogen-bond acceptors (Lipinski definition) is 3. The van der Waals surface area contributed by atoms with Gasteiger partial charge in [-0.15, -0.1) is 0 Å². The number of ketones is 1. The van der Waals surface area contributed by atoms with Gasteiger partial charge in [0.05, 0.1) is 25.8 Å². The Labute approximate surface area is 93.8 Å². The van der Waals surface area contributed by atoms with Gasteiger partial charge in [0.1, 0.15) is 5.75 Å². The van der Waals surface area contributed by atoms with Gasteiger partial charge in [-0.2, -0.15) is 0 Å². The number of ether oxygens (including phenoxy) is 1. The molecule has 16 heavy (non-hydrogen) atoms. The number of carbonyl (C=O) groups excluding carboxylic acids is 2. The van der Waals surface area contributed by atoms with Gasteiger partial charge in [0, 0.05) is 6.07 Å². The largest absolute Gasteiger partial charge is 0.497 e. The Bertz CT molecular complexity index is 454. The van der Waals surface area contributed by atoms with Crippen LogP contribution < -0.4 is 9.64 Å². The van der Waals surface area contributed by atoms with Crippen molar-refractivity contribution in [1.82, 2.24) is 0 Å². The van der Waals surface area contributed by atoms with E-state index in [2.05, 4.69) is 0 Å². The van der Waals surface area contributed by atoms with Crippen LogP contribution in [0.2, 0.25) is 0 Å². The van der Waals surface area contributed by atoms with Gasteiger partial charge in [-0.05, 0) is 18.6 Å². The van der Waals surface area contributed by atoms with Crippen LogP contribution in [0.1, 0.15) is 12.0 Å². The summed E-state index contributed by atoms with van der Waals surface area (Å²) in [6, 6.07) is 5.50. The third kappa shape index (κ3) is 1.78. The highest BCUT2D eigenvalue weighted by atomic mass is 16.5. The lowest BCUT2D eigenvalue weighted by Crippen LogP contribution is -2.25. The molecule has 0 unspecified atom stereocenters. The molecule has 1 heterocycles. The number of nitrogens with zero attached hydrogens (tertiary/aromatic N) is 1. The molecule has 84 valence electrons. The minimum atomic E-state index is -0.138. The van der Waals surface area contributed by atoms with Crippen molar-refractivity contribution < 1.29 is 14.3 Å². The Hall–Kier alpha value is -1.84. The molecule has 1 aliphatic rings.